The Morgan fingerprint density at radius 2 is 1.77 bits per heavy atom. The molecule has 0 spiro atoms. The van der Waals surface area contributed by atoms with E-state index >= 15 is 0 Å². The number of hydrogen-bond acceptors (Lipinski definition) is 5. The van der Waals surface area contributed by atoms with Crippen molar-refractivity contribution >= 4 is 10.1 Å². The Kier molecular flexibility index (Phi) is 4.68. The first kappa shape index (κ1) is 15.9. The highest BCUT2D eigenvalue weighted by molar-refractivity contribution is 7.87. The van der Waals surface area contributed by atoms with E-state index in [1.165, 1.54) is 30.3 Å². The molecule has 2 rings (SSSR count). The smallest absolute Gasteiger partial charge is 0.339 e. The van der Waals surface area contributed by atoms with E-state index in [1.54, 1.807) is 19.1 Å². The van der Waals surface area contributed by atoms with Gasteiger partial charge in [0.25, 0.3) is 0 Å². The molecule has 0 heterocycles. The largest absolute Gasteiger partial charge is 0.490 e. The Hall–Kier alpha value is -2.52. The summed E-state index contributed by atoms with van der Waals surface area (Å²) >= 11 is 0. The highest BCUT2D eigenvalue weighted by atomic mass is 32.2. The van der Waals surface area contributed by atoms with Crippen LogP contribution in [0.4, 0.5) is 0 Å². The Bertz CT molecular complexity index is 805. The molecule has 0 bridgehead atoms. The van der Waals surface area contributed by atoms with Crippen LogP contribution in [0.1, 0.15) is 18.1 Å². The Balaban J connectivity index is 2.37. The van der Waals surface area contributed by atoms with E-state index in [2.05, 4.69) is 0 Å². The van der Waals surface area contributed by atoms with Crippen LogP contribution in [0.2, 0.25) is 0 Å². The lowest BCUT2D eigenvalue weighted by Gasteiger charge is -2.12. The van der Waals surface area contributed by atoms with Crippen LogP contribution in [-0.2, 0) is 10.1 Å². The van der Waals surface area contributed by atoms with Crippen LogP contribution >= 0.6 is 0 Å². The highest BCUT2D eigenvalue weighted by Gasteiger charge is 2.19. The van der Waals surface area contributed by atoms with E-state index in [9.17, 15) is 8.42 Å². The molecule has 114 valence electrons. The predicted molar refractivity (Wildman–Crippen MR) is 81.3 cm³/mol. The first-order valence-corrected chi connectivity index (χ1v) is 8.05. The minimum atomic E-state index is -3.95. The lowest BCUT2D eigenvalue weighted by atomic mass is 10.2. The van der Waals surface area contributed by atoms with Gasteiger partial charge in [-0.1, -0.05) is 17.7 Å². The number of hydrogen-bond donors (Lipinski definition) is 0. The van der Waals surface area contributed by atoms with Crippen molar-refractivity contribution in [2.45, 2.75) is 18.7 Å². The van der Waals surface area contributed by atoms with Crippen molar-refractivity contribution in [1.82, 2.24) is 0 Å². The summed E-state index contributed by atoms with van der Waals surface area (Å²) in [5.41, 5.74) is 1.32. The standard InChI is InChI=1S/C16H15NO4S/c1-3-20-16-10-13(11-17)6-9-15(16)21-22(18,19)14-7-4-12(2)5-8-14/h4-10H,3H2,1-2H3. The molecule has 0 radical (unpaired) electrons. The maximum Gasteiger partial charge on any atom is 0.339 e. The van der Waals surface area contributed by atoms with Gasteiger partial charge in [0, 0.05) is 6.07 Å². The summed E-state index contributed by atoms with van der Waals surface area (Å²) in [4.78, 5) is 0.0601. The zero-order valence-corrected chi connectivity index (χ0v) is 13.1. The molecule has 0 aliphatic carbocycles. The van der Waals surface area contributed by atoms with E-state index < -0.39 is 10.1 Å². The normalized spacial score (nSPS) is 10.8. The van der Waals surface area contributed by atoms with Gasteiger partial charge in [0.05, 0.1) is 18.2 Å². The SMILES string of the molecule is CCOc1cc(C#N)ccc1OS(=O)(=O)c1ccc(C)cc1. The number of rotatable bonds is 5. The van der Waals surface area contributed by atoms with Gasteiger partial charge in [0.1, 0.15) is 4.90 Å². The molecule has 6 heteroatoms. The first-order valence-electron chi connectivity index (χ1n) is 6.64. The molecular formula is C16H15NO4S. The summed E-state index contributed by atoms with van der Waals surface area (Å²) in [6.07, 6.45) is 0. The van der Waals surface area contributed by atoms with Crippen molar-refractivity contribution < 1.29 is 17.3 Å². The molecule has 0 atom stereocenters. The van der Waals surface area contributed by atoms with E-state index in [-0.39, 0.29) is 16.4 Å². The van der Waals surface area contributed by atoms with Crippen LogP contribution in [0, 0.1) is 18.3 Å². The number of ether oxygens (including phenoxy) is 1. The fraction of sp³-hybridized carbons (Fsp3) is 0.188. The second kappa shape index (κ2) is 6.50. The van der Waals surface area contributed by atoms with Gasteiger partial charge in [0.15, 0.2) is 11.5 Å². The van der Waals surface area contributed by atoms with Gasteiger partial charge in [-0.2, -0.15) is 13.7 Å². The van der Waals surface area contributed by atoms with Crippen LogP contribution in [-0.4, -0.2) is 15.0 Å². The number of nitriles is 1. The summed E-state index contributed by atoms with van der Waals surface area (Å²) < 4.78 is 35.1. The summed E-state index contributed by atoms with van der Waals surface area (Å²) in [7, 11) is -3.95. The fourth-order valence-electron chi connectivity index (χ4n) is 1.79. The van der Waals surface area contributed by atoms with Crippen molar-refractivity contribution in [3.63, 3.8) is 0 Å². The predicted octanol–water partition coefficient (Wildman–Crippen LogP) is 3.03. The van der Waals surface area contributed by atoms with Crippen molar-refractivity contribution in [3.05, 3.63) is 53.6 Å². The fourth-order valence-corrected chi connectivity index (χ4v) is 2.73. The molecule has 0 aliphatic rings. The summed E-state index contributed by atoms with van der Waals surface area (Å²) in [6.45, 7) is 3.96. The van der Waals surface area contributed by atoms with Crippen LogP contribution in [0.25, 0.3) is 0 Å². The second-order valence-electron chi connectivity index (χ2n) is 4.56. The van der Waals surface area contributed by atoms with Gasteiger partial charge in [-0.3, -0.25) is 0 Å². The molecule has 5 nitrogen and oxygen atoms in total. The third-order valence-corrected chi connectivity index (χ3v) is 4.13. The highest BCUT2D eigenvalue weighted by Crippen LogP contribution is 2.31. The van der Waals surface area contributed by atoms with Crippen molar-refractivity contribution in [2.75, 3.05) is 6.61 Å². The zero-order chi connectivity index (χ0) is 16.2. The second-order valence-corrected chi connectivity index (χ2v) is 6.10. The summed E-state index contributed by atoms with van der Waals surface area (Å²) in [5, 5.41) is 8.89. The van der Waals surface area contributed by atoms with E-state index in [1.807, 2.05) is 13.0 Å². The number of benzene rings is 2. The van der Waals surface area contributed by atoms with Gasteiger partial charge in [-0.05, 0) is 38.1 Å². The van der Waals surface area contributed by atoms with E-state index in [0.717, 1.165) is 5.56 Å². The minimum Gasteiger partial charge on any atom is -0.490 e. The van der Waals surface area contributed by atoms with Gasteiger partial charge in [-0.25, -0.2) is 0 Å². The third kappa shape index (κ3) is 3.57. The average molecular weight is 317 g/mol. The molecule has 0 aromatic heterocycles. The van der Waals surface area contributed by atoms with Gasteiger partial charge < -0.3 is 8.92 Å². The van der Waals surface area contributed by atoms with Gasteiger partial charge in [0.2, 0.25) is 0 Å². The molecule has 0 saturated carbocycles. The lowest BCUT2D eigenvalue weighted by Crippen LogP contribution is -2.10. The van der Waals surface area contributed by atoms with Crippen LogP contribution in [0.3, 0.4) is 0 Å². The summed E-state index contributed by atoms with van der Waals surface area (Å²) in [5.74, 6) is 0.277. The van der Waals surface area contributed by atoms with Crippen molar-refractivity contribution in [2.24, 2.45) is 0 Å². The molecular weight excluding hydrogens is 302 g/mol. The molecule has 22 heavy (non-hydrogen) atoms. The number of nitrogens with zero attached hydrogens (tertiary/aromatic N) is 1. The maximum absolute atomic E-state index is 12.3. The third-order valence-electron chi connectivity index (χ3n) is 2.88. The Morgan fingerprint density at radius 3 is 2.36 bits per heavy atom. The van der Waals surface area contributed by atoms with E-state index in [4.69, 9.17) is 14.2 Å². The molecule has 0 amide bonds. The monoisotopic (exact) mass is 317 g/mol. The first-order chi connectivity index (χ1) is 10.5. The Morgan fingerprint density at radius 1 is 1.09 bits per heavy atom. The number of aryl methyl sites for hydroxylation is 1. The van der Waals surface area contributed by atoms with Crippen molar-refractivity contribution in [3.8, 4) is 17.6 Å². The molecule has 2 aromatic carbocycles. The molecule has 0 aliphatic heterocycles. The van der Waals surface area contributed by atoms with Crippen molar-refractivity contribution in [1.29, 1.82) is 5.26 Å². The topological polar surface area (TPSA) is 76.4 Å². The van der Waals surface area contributed by atoms with Gasteiger partial charge >= 0.3 is 10.1 Å². The molecule has 2 aromatic rings. The quantitative estimate of drug-likeness (QED) is 0.792. The summed E-state index contributed by atoms with van der Waals surface area (Å²) in [6, 6.07) is 12.7. The average Bonchev–Trinajstić information content (AvgIpc) is 2.49. The van der Waals surface area contributed by atoms with Crippen LogP contribution in [0.15, 0.2) is 47.4 Å². The van der Waals surface area contributed by atoms with Crippen LogP contribution in [0.5, 0.6) is 11.5 Å². The maximum atomic E-state index is 12.3. The van der Waals surface area contributed by atoms with Gasteiger partial charge in [-0.15, -0.1) is 0 Å². The van der Waals surface area contributed by atoms with Crippen LogP contribution < -0.4 is 8.92 Å². The molecule has 0 fully saturated rings. The zero-order valence-electron chi connectivity index (χ0n) is 12.2. The Labute approximate surface area is 129 Å². The molecule has 0 saturated heterocycles. The minimum absolute atomic E-state index is 0.0569. The lowest BCUT2D eigenvalue weighted by molar-refractivity contribution is 0.327. The van der Waals surface area contributed by atoms with E-state index in [0.29, 0.717) is 12.2 Å². The molecule has 0 unspecified atom stereocenters. The molecule has 0 N–H and O–H groups in total.